The van der Waals surface area contributed by atoms with Gasteiger partial charge in [-0.1, -0.05) is 31.1 Å². The van der Waals surface area contributed by atoms with E-state index >= 15 is 0 Å². The molecule has 0 saturated heterocycles. The molecule has 0 fully saturated rings. The van der Waals surface area contributed by atoms with Gasteiger partial charge in [0, 0.05) is 25.0 Å². The van der Waals surface area contributed by atoms with Crippen LogP contribution < -0.4 is 5.32 Å². The Hall–Kier alpha value is -2.67. The lowest BCUT2D eigenvalue weighted by molar-refractivity contribution is -0.120. The van der Waals surface area contributed by atoms with Crippen LogP contribution in [-0.4, -0.2) is 38.8 Å². The second-order valence-electron chi connectivity index (χ2n) is 7.56. The Bertz CT molecular complexity index is 943. The number of carbonyl (C=O) groups excluding carboxylic acids is 1. The number of carbonyl (C=O) groups is 1. The molecule has 3 heterocycles. The molecule has 27 heavy (non-hydrogen) atoms. The van der Waals surface area contributed by atoms with Crippen LogP contribution in [0.15, 0.2) is 34.9 Å². The van der Waals surface area contributed by atoms with Gasteiger partial charge in [-0.05, 0) is 24.1 Å². The Labute approximate surface area is 158 Å². The smallest absolute Gasteiger partial charge is 0.226 e. The van der Waals surface area contributed by atoms with Crippen molar-refractivity contribution in [2.45, 2.75) is 39.9 Å². The lowest BCUT2D eigenvalue weighted by Crippen LogP contribution is -2.36. The van der Waals surface area contributed by atoms with Crippen LogP contribution in [0.2, 0.25) is 0 Å². The zero-order chi connectivity index (χ0) is 18.8. The number of para-hydroxylation sites is 1. The van der Waals surface area contributed by atoms with Crippen LogP contribution >= 0.6 is 0 Å². The first-order valence-corrected chi connectivity index (χ1v) is 9.46. The normalized spacial score (nSPS) is 14.6. The molecule has 0 radical (unpaired) electrons. The minimum absolute atomic E-state index is 0.0820. The van der Waals surface area contributed by atoms with Gasteiger partial charge in [0.25, 0.3) is 0 Å². The zero-order valence-corrected chi connectivity index (χ0v) is 15.8. The predicted molar refractivity (Wildman–Crippen MR) is 102 cm³/mol. The maximum absolute atomic E-state index is 12.3. The summed E-state index contributed by atoms with van der Waals surface area (Å²) in [4.78, 5) is 14.8. The Morgan fingerprint density at radius 3 is 3.00 bits per heavy atom. The molecule has 1 amide bonds. The van der Waals surface area contributed by atoms with Gasteiger partial charge in [0.15, 0.2) is 5.58 Å². The molecule has 7 heteroatoms. The predicted octanol–water partition coefficient (Wildman–Crippen LogP) is 2.35. The summed E-state index contributed by atoms with van der Waals surface area (Å²) in [7, 11) is 0. The van der Waals surface area contributed by atoms with E-state index in [1.54, 1.807) is 0 Å². The van der Waals surface area contributed by atoms with Gasteiger partial charge in [0.2, 0.25) is 5.91 Å². The van der Waals surface area contributed by atoms with Crippen LogP contribution in [-0.2, 0) is 30.8 Å². The fraction of sp³-hybridized carbons (Fsp3) is 0.450. The minimum atomic E-state index is -0.0820. The van der Waals surface area contributed by atoms with Gasteiger partial charge in [-0.3, -0.25) is 14.4 Å². The molecule has 0 spiro atoms. The first kappa shape index (κ1) is 17.7. The summed E-state index contributed by atoms with van der Waals surface area (Å²) in [6, 6.07) is 9.67. The Kier molecular flexibility index (Phi) is 4.94. The van der Waals surface area contributed by atoms with Crippen molar-refractivity contribution in [3.8, 4) is 0 Å². The third-order valence-corrected chi connectivity index (χ3v) is 4.80. The number of hydrogen-bond acceptors (Lipinski definition) is 5. The van der Waals surface area contributed by atoms with Crippen molar-refractivity contribution in [3.05, 3.63) is 47.4 Å². The second-order valence-corrected chi connectivity index (χ2v) is 7.56. The molecule has 4 rings (SSSR count). The van der Waals surface area contributed by atoms with Gasteiger partial charge in [0.05, 0.1) is 30.9 Å². The molecular formula is C20H25N5O2. The van der Waals surface area contributed by atoms with E-state index < -0.39 is 0 Å². The van der Waals surface area contributed by atoms with E-state index in [0.717, 1.165) is 37.3 Å². The maximum Gasteiger partial charge on any atom is 0.226 e. The molecule has 0 aliphatic carbocycles. The number of amides is 1. The van der Waals surface area contributed by atoms with Gasteiger partial charge in [-0.25, -0.2) is 0 Å². The number of fused-ring (bicyclic) bond motifs is 2. The van der Waals surface area contributed by atoms with Gasteiger partial charge >= 0.3 is 0 Å². The lowest BCUT2D eigenvalue weighted by Gasteiger charge is -2.28. The molecule has 1 aromatic carbocycles. The van der Waals surface area contributed by atoms with Crippen molar-refractivity contribution in [2.75, 3.05) is 13.1 Å². The maximum atomic E-state index is 12.3. The number of rotatable bonds is 6. The third kappa shape index (κ3) is 4.03. The van der Waals surface area contributed by atoms with Crippen molar-refractivity contribution in [3.63, 3.8) is 0 Å². The van der Waals surface area contributed by atoms with Crippen molar-refractivity contribution in [1.29, 1.82) is 0 Å². The monoisotopic (exact) mass is 367 g/mol. The topological polar surface area (TPSA) is 76.2 Å². The average Bonchev–Trinajstić information content (AvgIpc) is 3.23. The zero-order valence-electron chi connectivity index (χ0n) is 15.8. The molecule has 0 saturated carbocycles. The van der Waals surface area contributed by atoms with E-state index in [0.29, 0.717) is 23.7 Å². The Morgan fingerprint density at radius 2 is 2.15 bits per heavy atom. The van der Waals surface area contributed by atoms with Crippen LogP contribution in [0.4, 0.5) is 0 Å². The van der Waals surface area contributed by atoms with E-state index in [-0.39, 0.29) is 12.3 Å². The SMILES string of the molecule is CC(C)CN1CCn2nc(CNC(=O)Cc3noc4ccccc34)cc2C1. The quantitative estimate of drug-likeness (QED) is 0.724. The summed E-state index contributed by atoms with van der Waals surface area (Å²) < 4.78 is 7.31. The van der Waals surface area contributed by atoms with Crippen molar-refractivity contribution < 1.29 is 9.32 Å². The first-order chi connectivity index (χ1) is 13.1. The molecule has 1 aliphatic rings. The van der Waals surface area contributed by atoms with Crippen molar-refractivity contribution in [2.24, 2.45) is 5.92 Å². The molecular weight excluding hydrogens is 342 g/mol. The summed E-state index contributed by atoms with van der Waals surface area (Å²) in [6.07, 6.45) is 0.201. The molecule has 1 aliphatic heterocycles. The van der Waals surface area contributed by atoms with Gasteiger partial charge in [-0.2, -0.15) is 5.10 Å². The number of hydrogen-bond donors (Lipinski definition) is 1. The first-order valence-electron chi connectivity index (χ1n) is 9.46. The highest BCUT2D eigenvalue weighted by atomic mass is 16.5. The summed E-state index contributed by atoms with van der Waals surface area (Å²) in [5, 5.41) is 12.5. The van der Waals surface area contributed by atoms with Gasteiger partial charge in [-0.15, -0.1) is 0 Å². The summed E-state index contributed by atoms with van der Waals surface area (Å²) in [5.41, 5.74) is 3.48. The van der Waals surface area contributed by atoms with E-state index in [4.69, 9.17) is 4.52 Å². The van der Waals surface area contributed by atoms with Gasteiger partial charge < -0.3 is 9.84 Å². The minimum Gasteiger partial charge on any atom is -0.356 e. The van der Waals surface area contributed by atoms with E-state index in [1.165, 1.54) is 5.69 Å². The molecule has 3 aromatic rings. The number of nitrogens with one attached hydrogen (secondary N) is 1. The summed E-state index contributed by atoms with van der Waals surface area (Å²) in [5.74, 6) is 0.576. The molecule has 1 N–H and O–H groups in total. The van der Waals surface area contributed by atoms with Crippen molar-refractivity contribution in [1.82, 2.24) is 25.2 Å². The fourth-order valence-electron chi connectivity index (χ4n) is 3.61. The Balaban J connectivity index is 1.34. The van der Waals surface area contributed by atoms with Crippen molar-refractivity contribution >= 4 is 16.9 Å². The summed E-state index contributed by atoms with van der Waals surface area (Å²) in [6.45, 7) is 8.86. The highest BCUT2D eigenvalue weighted by Crippen LogP contribution is 2.18. The molecule has 7 nitrogen and oxygen atoms in total. The third-order valence-electron chi connectivity index (χ3n) is 4.80. The van der Waals surface area contributed by atoms with Crippen LogP contribution in [0.5, 0.6) is 0 Å². The van der Waals surface area contributed by atoms with Gasteiger partial charge in [0.1, 0.15) is 5.69 Å². The Morgan fingerprint density at radius 1 is 1.30 bits per heavy atom. The molecule has 142 valence electrons. The number of aromatic nitrogens is 3. The molecule has 2 aromatic heterocycles. The van der Waals surface area contributed by atoms with E-state index in [1.807, 2.05) is 24.3 Å². The highest BCUT2D eigenvalue weighted by Gasteiger charge is 2.19. The second kappa shape index (κ2) is 7.52. The number of benzene rings is 1. The van der Waals surface area contributed by atoms with Crippen LogP contribution in [0.1, 0.15) is 30.9 Å². The van der Waals surface area contributed by atoms with Crippen LogP contribution in [0.3, 0.4) is 0 Å². The molecule has 0 bridgehead atoms. The highest BCUT2D eigenvalue weighted by molar-refractivity contribution is 5.86. The van der Waals surface area contributed by atoms with Crippen LogP contribution in [0, 0.1) is 5.92 Å². The largest absolute Gasteiger partial charge is 0.356 e. The number of nitrogens with zero attached hydrogens (tertiary/aromatic N) is 4. The standard InChI is InChI=1S/C20H25N5O2/c1-14(2)12-24-7-8-25-16(13-24)9-15(22-25)11-21-20(26)10-18-17-5-3-4-6-19(17)27-23-18/h3-6,9,14H,7-8,10-13H2,1-2H3,(H,21,26). The van der Waals surface area contributed by atoms with Crippen LogP contribution in [0.25, 0.3) is 11.0 Å². The van der Waals surface area contributed by atoms with E-state index in [9.17, 15) is 4.79 Å². The fourth-order valence-corrected chi connectivity index (χ4v) is 3.61. The molecule has 0 atom stereocenters. The lowest BCUT2D eigenvalue weighted by atomic mass is 10.1. The summed E-state index contributed by atoms with van der Waals surface area (Å²) >= 11 is 0. The van der Waals surface area contributed by atoms with E-state index in [2.05, 4.69) is 45.1 Å². The average molecular weight is 367 g/mol. The molecule has 0 unspecified atom stereocenters.